The summed E-state index contributed by atoms with van der Waals surface area (Å²) in [6.07, 6.45) is -3.27. The summed E-state index contributed by atoms with van der Waals surface area (Å²) in [7, 11) is 0. The number of rotatable bonds is 8. The van der Waals surface area contributed by atoms with Gasteiger partial charge in [-0.25, -0.2) is 0 Å². The molecule has 1 unspecified atom stereocenters. The number of likely N-dealkylation sites (tertiary alicyclic amines) is 1. The second-order valence-electron chi connectivity index (χ2n) is 11.8. The number of nitrogens with zero attached hydrogens (tertiary/aromatic N) is 2. The van der Waals surface area contributed by atoms with E-state index in [4.69, 9.17) is 4.74 Å². The Balaban J connectivity index is 1.37. The molecule has 2 saturated heterocycles. The Bertz CT molecular complexity index is 1160. The van der Waals surface area contributed by atoms with E-state index in [1.54, 1.807) is 0 Å². The number of nitrogens with one attached hydrogen (secondary N) is 2. The Labute approximate surface area is 225 Å². The number of hydrogen-bond acceptors (Lipinski definition) is 6. The van der Waals surface area contributed by atoms with Crippen LogP contribution in [0, 0.1) is 34.5 Å². The zero-order chi connectivity index (χ0) is 28.8. The van der Waals surface area contributed by atoms with Crippen molar-refractivity contribution in [1.29, 1.82) is 5.26 Å². The molecule has 2 N–H and O–H groups in total. The van der Waals surface area contributed by atoms with Crippen LogP contribution in [0.25, 0.3) is 0 Å². The summed E-state index contributed by atoms with van der Waals surface area (Å²) in [5.74, 6) is -1.65. The molecule has 0 radical (unpaired) electrons. The first-order valence-electron chi connectivity index (χ1n) is 12.9. The SMILES string of the molecule is CC1(C)CC[C@@H](C[C@@H](C#N)NC(=O)C2[C@@H]3[C@H](CN2C(=O)COc2ccc(OC(F)(F)F)cc2)C3(C)C)C(=O)N1. The van der Waals surface area contributed by atoms with Gasteiger partial charge in [0, 0.05) is 18.0 Å². The van der Waals surface area contributed by atoms with Crippen molar-refractivity contribution >= 4 is 17.7 Å². The molecule has 212 valence electrons. The molecule has 12 heteroatoms. The fourth-order valence-electron chi connectivity index (χ4n) is 5.88. The molecule has 5 atom stereocenters. The van der Waals surface area contributed by atoms with Crippen molar-refractivity contribution in [2.75, 3.05) is 13.2 Å². The summed E-state index contributed by atoms with van der Waals surface area (Å²) >= 11 is 0. The number of carbonyl (C=O) groups excluding carboxylic acids is 3. The van der Waals surface area contributed by atoms with E-state index in [0.717, 1.165) is 18.6 Å². The van der Waals surface area contributed by atoms with E-state index >= 15 is 0 Å². The first-order chi connectivity index (χ1) is 18.1. The molecule has 1 aromatic rings. The summed E-state index contributed by atoms with van der Waals surface area (Å²) in [6.45, 7) is 7.87. The Morgan fingerprint density at radius 1 is 1.21 bits per heavy atom. The topological polar surface area (TPSA) is 121 Å². The Kier molecular flexibility index (Phi) is 7.49. The van der Waals surface area contributed by atoms with Gasteiger partial charge in [-0.1, -0.05) is 13.8 Å². The van der Waals surface area contributed by atoms with Crippen LogP contribution in [-0.4, -0.2) is 59.8 Å². The normalized spacial score (nSPS) is 27.4. The van der Waals surface area contributed by atoms with Crippen LogP contribution in [0.15, 0.2) is 24.3 Å². The fraction of sp³-hybridized carbons (Fsp3) is 0.630. The van der Waals surface area contributed by atoms with Gasteiger partial charge >= 0.3 is 6.36 Å². The van der Waals surface area contributed by atoms with Crippen molar-refractivity contribution in [1.82, 2.24) is 15.5 Å². The average Bonchev–Trinajstić information content (AvgIpc) is 3.15. The predicted molar refractivity (Wildman–Crippen MR) is 132 cm³/mol. The lowest BCUT2D eigenvalue weighted by Gasteiger charge is -2.36. The molecular formula is C27H33F3N4O5. The van der Waals surface area contributed by atoms with Gasteiger partial charge in [0.05, 0.1) is 6.07 Å². The van der Waals surface area contributed by atoms with Crippen molar-refractivity contribution < 1.29 is 37.0 Å². The summed E-state index contributed by atoms with van der Waals surface area (Å²) < 4.78 is 46.4. The highest BCUT2D eigenvalue weighted by molar-refractivity contribution is 5.90. The number of nitriles is 1. The Morgan fingerprint density at radius 3 is 2.44 bits per heavy atom. The number of amides is 3. The lowest BCUT2D eigenvalue weighted by molar-refractivity contribution is -0.274. The maximum absolute atomic E-state index is 13.4. The van der Waals surface area contributed by atoms with Crippen LogP contribution < -0.4 is 20.1 Å². The smallest absolute Gasteiger partial charge is 0.484 e. The second kappa shape index (κ2) is 10.2. The number of fused-ring (bicyclic) bond motifs is 1. The van der Waals surface area contributed by atoms with Gasteiger partial charge in [-0.2, -0.15) is 5.26 Å². The summed E-state index contributed by atoms with van der Waals surface area (Å²) in [6, 6.07) is 5.06. The monoisotopic (exact) mass is 550 g/mol. The minimum Gasteiger partial charge on any atom is -0.484 e. The predicted octanol–water partition coefficient (Wildman–Crippen LogP) is 3.15. The molecule has 1 aliphatic carbocycles. The van der Waals surface area contributed by atoms with E-state index in [2.05, 4.69) is 21.4 Å². The van der Waals surface area contributed by atoms with E-state index in [1.165, 1.54) is 17.0 Å². The molecule has 39 heavy (non-hydrogen) atoms. The highest BCUT2D eigenvalue weighted by Crippen LogP contribution is 2.64. The van der Waals surface area contributed by atoms with Gasteiger partial charge in [-0.05, 0) is 74.6 Å². The molecule has 0 bridgehead atoms. The molecular weight excluding hydrogens is 517 g/mol. The summed E-state index contributed by atoms with van der Waals surface area (Å²) in [4.78, 5) is 40.4. The number of carbonyl (C=O) groups is 3. The molecule has 3 aliphatic rings. The Hall–Kier alpha value is -3.49. The molecule has 3 fully saturated rings. The third kappa shape index (κ3) is 6.40. The van der Waals surface area contributed by atoms with Crippen LogP contribution in [0.3, 0.4) is 0 Å². The molecule has 2 heterocycles. The molecule has 2 aliphatic heterocycles. The van der Waals surface area contributed by atoms with Crippen molar-refractivity contribution in [3.63, 3.8) is 0 Å². The summed E-state index contributed by atoms with van der Waals surface area (Å²) in [5, 5.41) is 15.4. The molecule has 1 saturated carbocycles. The minimum atomic E-state index is -4.82. The zero-order valence-electron chi connectivity index (χ0n) is 22.3. The highest BCUT2D eigenvalue weighted by atomic mass is 19.4. The third-order valence-electron chi connectivity index (χ3n) is 8.16. The zero-order valence-corrected chi connectivity index (χ0v) is 22.3. The Morgan fingerprint density at radius 2 is 1.85 bits per heavy atom. The maximum atomic E-state index is 13.4. The highest BCUT2D eigenvalue weighted by Gasteiger charge is 2.69. The van der Waals surface area contributed by atoms with Crippen molar-refractivity contribution in [2.45, 2.75) is 70.9 Å². The van der Waals surface area contributed by atoms with Crippen LogP contribution in [0.2, 0.25) is 0 Å². The molecule has 0 spiro atoms. The van der Waals surface area contributed by atoms with E-state index in [-0.39, 0.29) is 40.9 Å². The van der Waals surface area contributed by atoms with Gasteiger partial charge in [-0.15, -0.1) is 13.2 Å². The lowest BCUT2D eigenvalue weighted by atomic mass is 9.83. The minimum absolute atomic E-state index is 0.0848. The van der Waals surface area contributed by atoms with Crippen LogP contribution in [0.4, 0.5) is 13.2 Å². The van der Waals surface area contributed by atoms with E-state index in [0.29, 0.717) is 13.0 Å². The first kappa shape index (κ1) is 28.5. The van der Waals surface area contributed by atoms with Crippen LogP contribution in [0.5, 0.6) is 11.5 Å². The van der Waals surface area contributed by atoms with Crippen molar-refractivity contribution in [3.05, 3.63) is 24.3 Å². The number of benzene rings is 1. The number of piperidine rings is 2. The van der Waals surface area contributed by atoms with Crippen molar-refractivity contribution in [2.24, 2.45) is 23.2 Å². The number of alkyl halides is 3. The van der Waals surface area contributed by atoms with Crippen LogP contribution in [0.1, 0.15) is 47.0 Å². The molecule has 0 aromatic heterocycles. The molecule has 3 amide bonds. The number of halogens is 3. The van der Waals surface area contributed by atoms with E-state index < -0.39 is 48.5 Å². The van der Waals surface area contributed by atoms with Gasteiger partial charge in [0.1, 0.15) is 23.6 Å². The first-order valence-corrected chi connectivity index (χ1v) is 12.9. The third-order valence-corrected chi connectivity index (χ3v) is 8.16. The standard InChI is InChI=1S/C27H33F3N4O5/c1-25(2)10-9-15(23(36)33-25)11-16(12-31)32-24(37)22-21-19(26(21,3)4)13-34(22)20(35)14-38-17-5-7-18(8-6-17)39-27(28,29)30/h5-8,15-16,19,21-22H,9-11,13-14H2,1-4H3,(H,32,37)(H,33,36)/t15-,16-,19-,21-,22?/m0/s1. The van der Waals surface area contributed by atoms with Crippen LogP contribution in [-0.2, 0) is 14.4 Å². The largest absolute Gasteiger partial charge is 0.573 e. The van der Waals surface area contributed by atoms with Gasteiger partial charge in [-0.3, -0.25) is 14.4 Å². The van der Waals surface area contributed by atoms with Crippen LogP contribution >= 0.6 is 0 Å². The van der Waals surface area contributed by atoms with E-state index in [9.17, 15) is 32.8 Å². The number of hydrogen-bond donors (Lipinski definition) is 2. The van der Waals surface area contributed by atoms with Gasteiger partial charge in [0.15, 0.2) is 6.61 Å². The lowest BCUT2D eigenvalue weighted by Crippen LogP contribution is -2.54. The maximum Gasteiger partial charge on any atom is 0.573 e. The van der Waals surface area contributed by atoms with Gasteiger partial charge < -0.3 is 25.0 Å². The number of ether oxygens (including phenoxy) is 2. The fourth-order valence-corrected chi connectivity index (χ4v) is 5.88. The molecule has 1 aromatic carbocycles. The molecule has 9 nitrogen and oxygen atoms in total. The van der Waals surface area contributed by atoms with E-state index in [1.807, 2.05) is 27.7 Å². The average molecular weight is 551 g/mol. The second-order valence-corrected chi connectivity index (χ2v) is 11.8. The van der Waals surface area contributed by atoms with Gasteiger partial charge in [0.25, 0.3) is 5.91 Å². The quantitative estimate of drug-likeness (QED) is 0.513. The van der Waals surface area contributed by atoms with Crippen molar-refractivity contribution in [3.8, 4) is 17.6 Å². The molecule has 4 rings (SSSR count). The summed E-state index contributed by atoms with van der Waals surface area (Å²) in [5.41, 5.74) is -0.456. The van der Waals surface area contributed by atoms with Gasteiger partial charge in [0.2, 0.25) is 11.8 Å².